The molecule has 0 saturated carbocycles. The quantitative estimate of drug-likeness (QED) is 0.619. The third-order valence-corrected chi connectivity index (χ3v) is 5.60. The summed E-state index contributed by atoms with van der Waals surface area (Å²) in [5, 5.41) is 7.87. The van der Waals surface area contributed by atoms with Crippen molar-refractivity contribution in [3.8, 4) is 5.75 Å². The standard InChI is InChI=1S/C23H28FN5O/c1-30-23-9-8-18(11-20(23)14-29-17-25-16-27-29)12-26-21-6-4-10-28(15-21)13-19-5-2-3-7-22(19)24/h2-3,5,7-9,11,16-17,21,26H,4,6,10,12-15H2,1H3/t21-/m1/s1. The smallest absolute Gasteiger partial charge is 0.137 e. The van der Waals surface area contributed by atoms with Crippen LogP contribution >= 0.6 is 0 Å². The molecule has 0 aliphatic carbocycles. The number of hydrogen-bond donors (Lipinski definition) is 1. The topological polar surface area (TPSA) is 55.2 Å². The molecule has 0 bridgehead atoms. The number of nitrogens with one attached hydrogen (secondary N) is 1. The van der Waals surface area contributed by atoms with Crippen LogP contribution in [0.3, 0.4) is 0 Å². The molecule has 0 spiro atoms. The Hall–Kier alpha value is -2.77. The van der Waals surface area contributed by atoms with Crippen LogP contribution in [0.1, 0.15) is 29.5 Å². The van der Waals surface area contributed by atoms with Crippen LogP contribution in [0.15, 0.2) is 55.1 Å². The van der Waals surface area contributed by atoms with E-state index in [9.17, 15) is 4.39 Å². The summed E-state index contributed by atoms with van der Waals surface area (Å²) in [4.78, 5) is 6.34. The molecule has 0 radical (unpaired) electrons. The number of aromatic nitrogens is 3. The van der Waals surface area contributed by atoms with Gasteiger partial charge in [-0.3, -0.25) is 4.90 Å². The van der Waals surface area contributed by atoms with Gasteiger partial charge in [0.15, 0.2) is 0 Å². The first kappa shape index (κ1) is 20.5. The summed E-state index contributed by atoms with van der Waals surface area (Å²) < 4.78 is 21.3. The highest BCUT2D eigenvalue weighted by Crippen LogP contribution is 2.21. The summed E-state index contributed by atoms with van der Waals surface area (Å²) >= 11 is 0. The zero-order valence-corrected chi connectivity index (χ0v) is 17.3. The molecule has 1 saturated heterocycles. The second-order valence-corrected chi connectivity index (χ2v) is 7.79. The van der Waals surface area contributed by atoms with Crippen molar-refractivity contribution in [2.75, 3.05) is 20.2 Å². The molecule has 1 atom stereocenters. The Balaban J connectivity index is 1.35. The normalized spacial score (nSPS) is 17.2. The number of halogens is 1. The highest BCUT2D eigenvalue weighted by molar-refractivity contribution is 5.37. The molecule has 1 N–H and O–H groups in total. The molecule has 2 aromatic carbocycles. The molecule has 158 valence electrons. The lowest BCUT2D eigenvalue weighted by Crippen LogP contribution is -2.45. The summed E-state index contributed by atoms with van der Waals surface area (Å²) in [7, 11) is 1.68. The van der Waals surface area contributed by atoms with Crippen molar-refractivity contribution in [3.05, 3.63) is 77.6 Å². The zero-order valence-electron chi connectivity index (χ0n) is 17.3. The first-order valence-corrected chi connectivity index (χ1v) is 10.4. The molecular weight excluding hydrogens is 381 g/mol. The van der Waals surface area contributed by atoms with Gasteiger partial charge < -0.3 is 10.1 Å². The van der Waals surface area contributed by atoms with Crippen LogP contribution in [0.5, 0.6) is 5.75 Å². The first-order valence-electron chi connectivity index (χ1n) is 10.4. The average Bonchev–Trinajstić information content (AvgIpc) is 3.27. The van der Waals surface area contributed by atoms with Crippen LogP contribution in [-0.4, -0.2) is 45.9 Å². The van der Waals surface area contributed by atoms with E-state index in [1.807, 2.05) is 18.2 Å². The molecule has 30 heavy (non-hydrogen) atoms. The Kier molecular flexibility index (Phi) is 6.71. The van der Waals surface area contributed by atoms with E-state index in [1.54, 1.807) is 24.2 Å². The van der Waals surface area contributed by atoms with Gasteiger partial charge in [-0.15, -0.1) is 0 Å². The zero-order chi connectivity index (χ0) is 20.8. The van der Waals surface area contributed by atoms with Gasteiger partial charge in [0, 0.05) is 36.8 Å². The number of rotatable bonds is 8. The third kappa shape index (κ3) is 5.23. The van der Waals surface area contributed by atoms with Gasteiger partial charge in [-0.2, -0.15) is 5.10 Å². The van der Waals surface area contributed by atoms with E-state index in [2.05, 4.69) is 32.4 Å². The average molecular weight is 410 g/mol. The monoisotopic (exact) mass is 409 g/mol. The molecule has 0 unspecified atom stereocenters. The highest BCUT2D eigenvalue weighted by atomic mass is 19.1. The van der Waals surface area contributed by atoms with Crippen molar-refractivity contribution < 1.29 is 9.13 Å². The second kappa shape index (κ2) is 9.82. The number of nitrogens with zero attached hydrogens (tertiary/aromatic N) is 4. The van der Waals surface area contributed by atoms with Gasteiger partial charge >= 0.3 is 0 Å². The molecule has 1 aliphatic heterocycles. The van der Waals surface area contributed by atoms with Gasteiger partial charge in [0.25, 0.3) is 0 Å². The van der Waals surface area contributed by atoms with Crippen molar-refractivity contribution in [3.63, 3.8) is 0 Å². The van der Waals surface area contributed by atoms with Crippen LogP contribution in [-0.2, 0) is 19.6 Å². The number of likely N-dealkylation sites (tertiary alicyclic amines) is 1. The maximum Gasteiger partial charge on any atom is 0.137 e. The molecule has 6 nitrogen and oxygen atoms in total. The Morgan fingerprint density at radius 3 is 2.87 bits per heavy atom. The van der Waals surface area contributed by atoms with Crippen molar-refractivity contribution >= 4 is 0 Å². The molecular formula is C23H28FN5O. The Morgan fingerprint density at radius 1 is 1.17 bits per heavy atom. The first-order chi connectivity index (χ1) is 14.7. The van der Waals surface area contributed by atoms with Crippen LogP contribution < -0.4 is 10.1 Å². The Morgan fingerprint density at radius 2 is 2.07 bits per heavy atom. The fourth-order valence-corrected chi connectivity index (χ4v) is 4.05. The molecule has 3 aromatic rings. The lowest BCUT2D eigenvalue weighted by Gasteiger charge is -2.33. The van der Waals surface area contributed by atoms with Crippen molar-refractivity contribution in [1.29, 1.82) is 0 Å². The molecule has 1 aromatic heterocycles. The van der Waals surface area contributed by atoms with E-state index in [0.29, 0.717) is 19.1 Å². The van der Waals surface area contributed by atoms with E-state index < -0.39 is 0 Å². The van der Waals surface area contributed by atoms with Crippen molar-refractivity contribution in [1.82, 2.24) is 25.0 Å². The van der Waals surface area contributed by atoms with E-state index in [0.717, 1.165) is 49.4 Å². The number of methoxy groups -OCH3 is 1. The number of piperidine rings is 1. The van der Waals surface area contributed by atoms with Gasteiger partial charge in [-0.05, 0) is 43.1 Å². The minimum Gasteiger partial charge on any atom is -0.496 e. The van der Waals surface area contributed by atoms with Crippen molar-refractivity contribution in [2.45, 2.75) is 38.5 Å². The fourth-order valence-electron chi connectivity index (χ4n) is 4.05. The second-order valence-electron chi connectivity index (χ2n) is 7.79. The summed E-state index contributed by atoms with van der Waals surface area (Å²) in [5.74, 6) is 0.730. The van der Waals surface area contributed by atoms with E-state index >= 15 is 0 Å². The van der Waals surface area contributed by atoms with Crippen molar-refractivity contribution in [2.24, 2.45) is 0 Å². The minimum absolute atomic E-state index is 0.120. The molecule has 2 heterocycles. The van der Waals surface area contributed by atoms with Crippen LogP contribution in [0.25, 0.3) is 0 Å². The summed E-state index contributed by atoms with van der Waals surface area (Å²) in [6, 6.07) is 13.7. The number of benzene rings is 2. The maximum atomic E-state index is 14.0. The number of hydrogen-bond acceptors (Lipinski definition) is 5. The van der Waals surface area contributed by atoms with Gasteiger partial charge in [-0.1, -0.05) is 24.3 Å². The van der Waals surface area contributed by atoms with Crippen LogP contribution in [0.4, 0.5) is 4.39 Å². The summed E-state index contributed by atoms with van der Waals surface area (Å²) in [6.45, 7) is 4.01. The molecule has 1 fully saturated rings. The summed E-state index contributed by atoms with van der Waals surface area (Å²) in [5.41, 5.74) is 3.05. The molecule has 7 heteroatoms. The predicted molar refractivity (Wildman–Crippen MR) is 114 cm³/mol. The lowest BCUT2D eigenvalue weighted by atomic mass is 10.0. The van der Waals surface area contributed by atoms with Crippen LogP contribution in [0, 0.1) is 5.82 Å². The Labute approximate surface area is 176 Å². The molecule has 0 amide bonds. The minimum atomic E-state index is -0.120. The van der Waals surface area contributed by atoms with Gasteiger partial charge in [0.1, 0.15) is 24.2 Å². The van der Waals surface area contributed by atoms with Crippen LogP contribution in [0.2, 0.25) is 0 Å². The van der Waals surface area contributed by atoms with E-state index in [-0.39, 0.29) is 5.82 Å². The van der Waals surface area contributed by atoms with E-state index in [1.165, 1.54) is 18.0 Å². The lowest BCUT2D eigenvalue weighted by molar-refractivity contribution is 0.181. The third-order valence-electron chi connectivity index (χ3n) is 5.60. The Bertz CT molecular complexity index is 947. The van der Waals surface area contributed by atoms with E-state index in [4.69, 9.17) is 4.74 Å². The largest absolute Gasteiger partial charge is 0.496 e. The number of ether oxygens (including phenoxy) is 1. The van der Waals surface area contributed by atoms with Gasteiger partial charge in [0.2, 0.25) is 0 Å². The maximum absolute atomic E-state index is 14.0. The SMILES string of the molecule is COc1ccc(CN[C@@H]2CCCN(Cc3ccccc3F)C2)cc1Cn1cncn1. The molecule has 1 aliphatic rings. The highest BCUT2D eigenvalue weighted by Gasteiger charge is 2.20. The fraction of sp³-hybridized carbons (Fsp3) is 0.391. The molecule has 4 rings (SSSR count). The predicted octanol–water partition coefficient (Wildman–Crippen LogP) is 3.23. The summed E-state index contributed by atoms with van der Waals surface area (Å²) in [6.07, 6.45) is 5.49. The van der Waals surface area contributed by atoms with Gasteiger partial charge in [0.05, 0.1) is 13.7 Å². The van der Waals surface area contributed by atoms with Gasteiger partial charge in [-0.25, -0.2) is 14.1 Å².